The first-order chi connectivity index (χ1) is 17.8. The molecule has 1 atom stereocenters. The van der Waals surface area contributed by atoms with Gasteiger partial charge >= 0.3 is 0 Å². The van der Waals surface area contributed by atoms with Crippen LogP contribution in [0.25, 0.3) is 0 Å². The van der Waals surface area contributed by atoms with E-state index in [1.165, 1.54) is 11.3 Å². The van der Waals surface area contributed by atoms with Crippen LogP contribution in [-0.2, 0) is 11.3 Å². The molecule has 0 spiro atoms. The van der Waals surface area contributed by atoms with Gasteiger partial charge in [0.2, 0.25) is 5.78 Å². The number of Topliss-reactive ketones (excluding diaryl/α,β-unsaturated/α-hetero) is 1. The van der Waals surface area contributed by atoms with Gasteiger partial charge in [0.25, 0.3) is 5.91 Å². The van der Waals surface area contributed by atoms with Crippen molar-refractivity contribution in [3.8, 4) is 11.5 Å². The maximum absolute atomic E-state index is 13.8. The Hall–Kier alpha value is -3.66. The summed E-state index contributed by atoms with van der Waals surface area (Å²) in [6.07, 6.45) is 6.73. The first-order valence-corrected chi connectivity index (χ1v) is 13.2. The fraction of sp³-hybridized carbons (Fsp3) is 0.407. The van der Waals surface area contributed by atoms with Crippen molar-refractivity contribution in [1.29, 1.82) is 0 Å². The van der Waals surface area contributed by atoms with Crippen molar-refractivity contribution in [2.75, 3.05) is 19.8 Å². The lowest BCUT2D eigenvalue weighted by Crippen LogP contribution is -2.32. The number of benzene rings is 1. The topological polar surface area (TPSA) is 107 Å². The molecule has 1 aromatic carbocycles. The molecule has 0 saturated heterocycles. The number of carbonyl (C=O) groups excluding carboxylic acids is 2. The quantitative estimate of drug-likeness (QED) is 0.339. The maximum atomic E-state index is 13.8. The van der Waals surface area contributed by atoms with E-state index < -0.39 is 17.7 Å². The van der Waals surface area contributed by atoms with Crippen LogP contribution in [0.15, 0.2) is 48.3 Å². The Bertz CT molecular complexity index is 1300. The number of ketones is 1. The molecule has 1 N–H and O–H groups in total. The van der Waals surface area contributed by atoms with Crippen LogP contribution in [0.5, 0.6) is 11.5 Å². The minimum Gasteiger partial charge on any atom is -0.503 e. The highest BCUT2D eigenvalue weighted by Crippen LogP contribution is 2.42. The lowest BCUT2D eigenvalue weighted by molar-refractivity contribution is -0.129. The molecule has 1 unspecified atom stereocenters. The number of aromatic nitrogens is 3. The number of aliphatic hydroxyl groups is 1. The van der Waals surface area contributed by atoms with E-state index in [1.54, 1.807) is 36.5 Å². The number of aliphatic hydroxyl groups excluding tert-OH is 1. The van der Waals surface area contributed by atoms with Crippen molar-refractivity contribution < 1.29 is 24.2 Å². The molecule has 2 aromatic heterocycles. The molecule has 1 aliphatic heterocycles. The van der Waals surface area contributed by atoms with Gasteiger partial charge in [-0.1, -0.05) is 13.0 Å². The second-order valence-corrected chi connectivity index (χ2v) is 9.98. The Morgan fingerprint density at radius 3 is 2.62 bits per heavy atom. The molecule has 3 heterocycles. The van der Waals surface area contributed by atoms with Crippen molar-refractivity contribution in [3.63, 3.8) is 0 Å². The fourth-order valence-electron chi connectivity index (χ4n) is 4.46. The van der Waals surface area contributed by atoms with Crippen LogP contribution in [0.2, 0.25) is 0 Å². The molecule has 0 radical (unpaired) electrons. The predicted octanol–water partition coefficient (Wildman–Crippen LogP) is 4.81. The molecule has 1 aliphatic rings. The summed E-state index contributed by atoms with van der Waals surface area (Å²) in [4.78, 5) is 37.5. The van der Waals surface area contributed by atoms with E-state index in [0.717, 1.165) is 11.4 Å². The molecule has 1 amide bonds. The molecular formula is C27H32N4O5S. The summed E-state index contributed by atoms with van der Waals surface area (Å²) in [5, 5.41) is 11.7. The molecule has 0 bridgehead atoms. The van der Waals surface area contributed by atoms with E-state index >= 15 is 0 Å². The number of hydrogen-bond acceptors (Lipinski definition) is 8. The van der Waals surface area contributed by atoms with E-state index in [0.29, 0.717) is 60.4 Å². The van der Waals surface area contributed by atoms with Gasteiger partial charge in [-0.25, -0.2) is 9.97 Å². The van der Waals surface area contributed by atoms with E-state index in [9.17, 15) is 14.7 Å². The Kier molecular flexibility index (Phi) is 8.27. The zero-order valence-corrected chi connectivity index (χ0v) is 22.4. The molecule has 0 saturated carbocycles. The third kappa shape index (κ3) is 5.53. The lowest BCUT2D eigenvalue weighted by Gasteiger charge is -2.27. The Morgan fingerprint density at radius 1 is 1.16 bits per heavy atom. The number of carbonyl (C=O) groups is 2. The molecule has 4 rings (SSSR count). The SMILES string of the molecule is CCCOc1ccc(C2C(C(=O)c3sc(C)nc3C)=C(O)C(=O)N2CCCn2ccnc2)cc1OCC. The minimum atomic E-state index is -0.774. The number of nitrogens with zero attached hydrogens (tertiary/aromatic N) is 4. The smallest absolute Gasteiger partial charge is 0.290 e. The highest BCUT2D eigenvalue weighted by atomic mass is 32.1. The van der Waals surface area contributed by atoms with Crippen molar-refractivity contribution >= 4 is 23.0 Å². The maximum Gasteiger partial charge on any atom is 0.290 e. The molecule has 37 heavy (non-hydrogen) atoms. The number of ether oxygens (including phenoxy) is 2. The van der Waals surface area contributed by atoms with Gasteiger partial charge in [-0.15, -0.1) is 11.3 Å². The number of rotatable bonds is 12. The van der Waals surface area contributed by atoms with Gasteiger partial charge < -0.3 is 24.0 Å². The second kappa shape index (κ2) is 11.6. The average Bonchev–Trinajstić information content (AvgIpc) is 3.58. The monoisotopic (exact) mass is 524 g/mol. The van der Waals surface area contributed by atoms with Gasteiger partial charge in [-0.2, -0.15) is 0 Å². The zero-order valence-electron chi connectivity index (χ0n) is 21.6. The van der Waals surface area contributed by atoms with Crippen LogP contribution in [-0.4, -0.2) is 56.0 Å². The Balaban J connectivity index is 1.73. The first-order valence-electron chi connectivity index (χ1n) is 12.4. The third-order valence-corrected chi connectivity index (χ3v) is 7.15. The summed E-state index contributed by atoms with van der Waals surface area (Å²) in [5.74, 6) is -0.351. The van der Waals surface area contributed by atoms with Crippen molar-refractivity contribution in [3.05, 3.63) is 69.4 Å². The van der Waals surface area contributed by atoms with E-state index in [4.69, 9.17) is 9.47 Å². The summed E-state index contributed by atoms with van der Waals surface area (Å²) < 4.78 is 13.6. The summed E-state index contributed by atoms with van der Waals surface area (Å²) in [7, 11) is 0. The Morgan fingerprint density at radius 2 is 1.97 bits per heavy atom. The second-order valence-electron chi connectivity index (χ2n) is 8.78. The van der Waals surface area contributed by atoms with Crippen LogP contribution in [0.1, 0.15) is 58.7 Å². The zero-order chi connectivity index (χ0) is 26.5. The number of aryl methyl sites for hydroxylation is 3. The molecule has 10 heteroatoms. The van der Waals surface area contributed by atoms with Gasteiger partial charge in [0.15, 0.2) is 17.3 Å². The molecule has 3 aromatic rings. The van der Waals surface area contributed by atoms with Crippen molar-refractivity contribution in [2.45, 2.75) is 53.1 Å². The molecule has 0 aliphatic carbocycles. The Labute approximate surface area is 220 Å². The molecule has 0 fully saturated rings. The normalized spacial score (nSPS) is 15.5. The van der Waals surface area contributed by atoms with Crippen molar-refractivity contribution in [1.82, 2.24) is 19.4 Å². The number of thiazole rings is 1. The highest BCUT2D eigenvalue weighted by Gasteiger charge is 2.44. The minimum absolute atomic E-state index is 0.0593. The van der Waals surface area contributed by atoms with Gasteiger partial charge in [0.05, 0.1) is 46.7 Å². The summed E-state index contributed by atoms with van der Waals surface area (Å²) in [5.41, 5.74) is 1.30. The highest BCUT2D eigenvalue weighted by molar-refractivity contribution is 7.14. The van der Waals surface area contributed by atoms with Gasteiger partial charge in [-0.05, 0) is 51.3 Å². The van der Waals surface area contributed by atoms with Crippen LogP contribution >= 0.6 is 11.3 Å². The number of imidazole rings is 1. The van der Waals surface area contributed by atoms with Crippen LogP contribution in [0.3, 0.4) is 0 Å². The van der Waals surface area contributed by atoms with Gasteiger partial charge in [0.1, 0.15) is 0 Å². The molecule has 196 valence electrons. The van der Waals surface area contributed by atoms with E-state index in [1.807, 2.05) is 37.6 Å². The summed E-state index contributed by atoms with van der Waals surface area (Å²) >= 11 is 1.26. The third-order valence-electron chi connectivity index (χ3n) is 6.08. The fourth-order valence-corrected chi connectivity index (χ4v) is 5.34. The van der Waals surface area contributed by atoms with Crippen molar-refractivity contribution in [2.24, 2.45) is 0 Å². The molecular weight excluding hydrogens is 492 g/mol. The lowest BCUT2D eigenvalue weighted by atomic mass is 9.94. The molecule has 9 nitrogen and oxygen atoms in total. The van der Waals surface area contributed by atoms with Crippen LogP contribution < -0.4 is 9.47 Å². The van der Waals surface area contributed by atoms with Gasteiger partial charge in [0, 0.05) is 25.5 Å². The van der Waals surface area contributed by atoms with Crippen LogP contribution in [0, 0.1) is 13.8 Å². The van der Waals surface area contributed by atoms with E-state index in [2.05, 4.69) is 9.97 Å². The number of hydrogen-bond donors (Lipinski definition) is 1. The van der Waals surface area contributed by atoms with Gasteiger partial charge in [-0.3, -0.25) is 9.59 Å². The first kappa shape index (κ1) is 26.4. The van der Waals surface area contributed by atoms with Crippen LogP contribution in [0.4, 0.5) is 0 Å². The predicted molar refractivity (Wildman–Crippen MR) is 140 cm³/mol. The average molecular weight is 525 g/mol. The summed E-state index contributed by atoms with van der Waals surface area (Å²) in [6.45, 7) is 9.43. The largest absolute Gasteiger partial charge is 0.503 e. The van der Waals surface area contributed by atoms with E-state index in [-0.39, 0.29) is 11.4 Å². The standard InChI is InChI=1S/C27H32N4O5S/c1-5-14-36-20-9-8-19(15-21(20)35-6-2)23-22(24(32)26-17(3)29-18(4)37-26)25(33)27(34)31(23)12-7-11-30-13-10-28-16-30/h8-10,13,15-16,23,33H,5-7,11-12,14H2,1-4H3. The number of amides is 1. The summed E-state index contributed by atoms with van der Waals surface area (Å²) in [6, 6.07) is 4.64.